The summed E-state index contributed by atoms with van der Waals surface area (Å²) in [5.74, 6) is 0.912. The third-order valence-corrected chi connectivity index (χ3v) is 3.69. The van der Waals surface area contributed by atoms with Gasteiger partial charge in [-0.1, -0.05) is 12.8 Å². The maximum absolute atomic E-state index is 11.6. The van der Waals surface area contributed by atoms with E-state index in [-0.39, 0.29) is 18.6 Å². The van der Waals surface area contributed by atoms with E-state index < -0.39 is 0 Å². The Morgan fingerprint density at radius 2 is 2.06 bits per heavy atom. The molecule has 0 aliphatic heterocycles. The third-order valence-electron chi connectivity index (χ3n) is 3.69. The summed E-state index contributed by atoms with van der Waals surface area (Å²) >= 11 is 0. The predicted octanol–water partition coefficient (Wildman–Crippen LogP) is 1.03. The second-order valence-electron chi connectivity index (χ2n) is 5.31. The van der Waals surface area contributed by atoms with Gasteiger partial charge in [0.05, 0.1) is 0 Å². The number of rotatable bonds is 6. The molecule has 3 atom stereocenters. The number of nitrogens with one attached hydrogen (secondary N) is 1. The highest BCUT2D eigenvalue weighted by atomic mass is 16.3. The number of aliphatic hydroxyl groups is 1. The van der Waals surface area contributed by atoms with Crippen LogP contribution in [0.2, 0.25) is 0 Å². The Morgan fingerprint density at radius 3 is 2.65 bits per heavy atom. The van der Waals surface area contributed by atoms with E-state index in [0.717, 1.165) is 19.3 Å². The van der Waals surface area contributed by atoms with Crippen LogP contribution in [-0.2, 0) is 4.79 Å². The zero-order valence-corrected chi connectivity index (χ0v) is 10.8. The molecule has 4 N–H and O–H groups in total. The molecule has 0 aromatic rings. The molecule has 0 radical (unpaired) electrons. The van der Waals surface area contributed by atoms with Crippen molar-refractivity contribution in [3.8, 4) is 0 Å². The second-order valence-corrected chi connectivity index (χ2v) is 5.31. The monoisotopic (exact) mass is 242 g/mol. The number of nitrogens with two attached hydrogens (primary N) is 1. The minimum Gasteiger partial charge on any atom is -0.396 e. The van der Waals surface area contributed by atoms with E-state index in [1.807, 2.05) is 6.92 Å². The summed E-state index contributed by atoms with van der Waals surface area (Å²) in [5, 5.41) is 12.2. The lowest BCUT2D eigenvalue weighted by Crippen LogP contribution is -2.35. The van der Waals surface area contributed by atoms with E-state index in [0.29, 0.717) is 24.8 Å². The maximum atomic E-state index is 11.6. The minimum absolute atomic E-state index is 0.0839. The number of carbonyl (C=O) groups is 1. The maximum Gasteiger partial charge on any atom is 0.220 e. The minimum atomic E-state index is 0.0839. The van der Waals surface area contributed by atoms with Gasteiger partial charge in [-0.25, -0.2) is 0 Å². The molecular formula is C13H26N2O2. The summed E-state index contributed by atoms with van der Waals surface area (Å²) in [6, 6.07) is 0.0839. The van der Waals surface area contributed by atoms with E-state index in [4.69, 9.17) is 5.73 Å². The highest BCUT2D eigenvalue weighted by Crippen LogP contribution is 2.29. The number of hydrogen-bond donors (Lipinski definition) is 3. The average Bonchev–Trinajstić information content (AvgIpc) is 2.34. The van der Waals surface area contributed by atoms with Crippen LogP contribution >= 0.6 is 0 Å². The molecule has 1 saturated carbocycles. The fraction of sp³-hybridized carbons (Fsp3) is 0.923. The average molecular weight is 242 g/mol. The fourth-order valence-electron chi connectivity index (χ4n) is 2.49. The number of amides is 1. The van der Waals surface area contributed by atoms with Crippen molar-refractivity contribution >= 4 is 5.91 Å². The SMILES string of the molecule is CC(N)CCC(=O)NCC1CCCCC1CO. The fourth-order valence-corrected chi connectivity index (χ4v) is 2.49. The Bertz CT molecular complexity index is 231. The van der Waals surface area contributed by atoms with Crippen molar-refractivity contribution < 1.29 is 9.90 Å². The third kappa shape index (κ3) is 5.50. The Balaban J connectivity index is 2.21. The van der Waals surface area contributed by atoms with Crippen molar-refractivity contribution in [3.05, 3.63) is 0 Å². The van der Waals surface area contributed by atoms with E-state index >= 15 is 0 Å². The summed E-state index contributed by atoms with van der Waals surface area (Å²) in [5.41, 5.74) is 5.61. The van der Waals surface area contributed by atoms with Gasteiger partial charge in [-0.2, -0.15) is 0 Å². The van der Waals surface area contributed by atoms with Crippen LogP contribution in [0.5, 0.6) is 0 Å². The molecule has 4 nitrogen and oxygen atoms in total. The van der Waals surface area contributed by atoms with Crippen molar-refractivity contribution in [2.75, 3.05) is 13.2 Å². The summed E-state index contributed by atoms with van der Waals surface area (Å²) < 4.78 is 0. The molecule has 0 spiro atoms. The van der Waals surface area contributed by atoms with Gasteiger partial charge in [0, 0.05) is 25.6 Å². The second kappa shape index (κ2) is 7.67. The smallest absolute Gasteiger partial charge is 0.220 e. The van der Waals surface area contributed by atoms with Crippen LogP contribution in [0.25, 0.3) is 0 Å². The predicted molar refractivity (Wildman–Crippen MR) is 68.4 cm³/mol. The Labute approximate surface area is 104 Å². The van der Waals surface area contributed by atoms with E-state index in [1.54, 1.807) is 0 Å². The first-order valence-corrected chi connectivity index (χ1v) is 6.76. The quantitative estimate of drug-likeness (QED) is 0.651. The number of carbonyl (C=O) groups excluding carboxylic acids is 1. The van der Waals surface area contributed by atoms with Crippen LogP contribution < -0.4 is 11.1 Å². The van der Waals surface area contributed by atoms with Crippen molar-refractivity contribution in [1.29, 1.82) is 0 Å². The lowest BCUT2D eigenvalue weighted by molar-refractivity contribution is -0.121. The lowest BCUT2D eigenvalue weighted by Gasteiger charge is -2.30. The molecule has 0 saturated heterocycles. The van der Waals surface area contributed by atoms with Gasteiger partial charge >= 0.3 is 0 Å². The van der Waals surface area contributed by atoms with Gasteiger partial charge in [0.1, 0.15) is 0 Å². The molecule has 0 aromatic heterocycles. The van der Waals surface area contributed by atoms with Crippen LogP contribution in [0.3, 0.4) is 0 Å². The van der Waals surface area contributed by atoms with E-state index in [1.165, 1.54) is 12.8 Å². The summed E-state index contributed by atoms with van der Waals surface area (Å²) in [6.07, 6.45) is 5.89. The molecule has 0 bridgehead atoms. The molecular weight excluding hydrogens is 216 g/mol. The standard InChI is InChI=1S/C13H26N2O2/c1-10(14)6-7-13(17)15-8-11-4-2-3-5-12(11)9-16/h10-12,16H,2-9,14H2,1H3,(H,15,17). The highest BCUT2D eigenvalue weighted by molar-refractivity contribution is 5.75. The van der Waals surface area contributed by atoms with E-state index in [2.05, 4.69) is 5.32 Å². The summed E-state index contributed by atoms with van der Waals surface area (Å²) in [4.78, 5) is 11.6. The first-order valence-electron chi connectivity index (χ1n) is 6.76. The van der Waals surface area contributed by atoms with Gasteiger partial charge in [-0.15, -0.1) is 0 Å². The first kappa shape index (κ1) is 14.5. The van der Waals surface area contributed by atoms with Crippen LogP contribution in [0, 0.1) is 11.8 Å². The number of aliphatic hydroxyl groups excluding tert-OH is 1. The van der Waals surface area contributed by atoms with Gasteiger partial charge in [-0.05, 0) is 38.0 Å². The van der Waals surface area contributed by atoms with Crippen molar-refractivity contribution in [1.82, 2.24) is 5.32 Å². The molecule has 3 unspecified atom stereocenters. The molecule has 100 valence electrons. The normalized spacial score (nSPS) is 26.5. The summed E-state index contributed by atoms with van der Waals surface area (Å²) in [6.45, 7) is 2.87. The molecule has 0 aromatic carbocycles. The largest absolute Gasteiger partial charge is 0.396 e. The van der Waals surface area contributed by atoms with Gasteiger partial charge in [0.25, 0.3) is 0 Å². The molecule has 17 heavy (non-hydrogen) atoms. The first-order chi connectivity index (χ1) is 8.13. The number of hydrogen-bond acceptors (Lipinski definition) is 3. The Hall–Kier alpha value is -0.610. The zero-order valence-electron chi connectivity index (χ0n) is 10.8. The van der Waals surface area contributed by atoms with E-state index in [9.17, 15) is 9.90 Å². The molecule has 1 aliphatic rings. The lowest BCUT2D eigenvalue weighted by atomic mass is 9.79. The molecule has 4 heteroatoms. The van der Waals surface area contributed by atoms with Crippen LogP contribution in [0.1, 0.15) is 45.4 Å². The van der Waals surface area contributed by atoms with Gasteiger partial charge < -0.3 is 16.2 Å². The Morgan fingerprint density at radius 1 is 1.41 bits per heavy atom. The van der Waals surface area contributed by atoms with Crippen LogP contribution in [-0.4, -0.2) is 30.2 Å². The van der Waals surface area contributed by atoms with Crippen molar-refractivity contribution in [2.45, 2.75) is 51.5 Å². The van der Waals surface area contributed by atoms with Crippen LogP contribution in [0.4, 0.5) is 0 Å². The van der Waals surface area contributed by atoms with Crippen LogP contribution in [0.15, 0.2) is 0 Å². The molecule has 1 fully saturated rings. The zero-order chi connectivity index (χ0) is 12.7. The van der Waals surface area contributed by atoms with Gasteiger partial charge in [0.2, 0.25) is 5.91 Å². The molecule has 1 amide bonds. The van der Waals surface area contributed by atoms with Gasteiger partial charge in [-0.3, -0.25) is 4.79 Å². The topological polar surface area (TPSA) is 75.4 Å². The van der Waals surface area contributed by atoms with Gasteiger partial charge in [0.15, 0.2) is 0 Å². The molecule has 0 heterocycles. The van der Waals surface area contributed by atoms with Crippen molar-refractivity contribution in [2.24, 2.45) is 17.6 Å². The highest BCUT2D eigenvalue weighted by Gasteiger charge is 2.24. The molecule has 1 rings (SSSR count). The van der Waals surface area contributed by atoms with Crippen molar-refractivity contribution in [3.63, 3.8) is 0 Å². The Kier molecular flexibility index (Phi) is 6.52. The molecule has 1 aliphatic carbocycles. The summed E-state index contributed by atoms with van der Waals surface area (Å²) in [7, 11) is 0.